The molecule has 1 N–H and O–H groups in total. The molecule has 2 aromatic rings. The highest BCUT2D eigenvalue weighted by Crippen LogP contribution is 2.18. The van der Waals surface area contributed by atoms with Crippen molar-refractivity contribution in [3.05, 3.63) is 30.6 Å². The van der Waals surface area contributed by atoms with Crippen LogP contribution in [0.3, 0.4) is 0 Å². The van der Waals surface area contributed by atoms with Gasteiger partial charge in [0.25, 0.3) is 0 Å². The zero-order valence-electron chi connectivity index (χ0n) is 9.02. The van der Waals surface area contributed by atoms with Crippen molar-refractivity contribution in [2.45, 2.75) is 0 Å². The van der Waals surface area contributed by atoms with Crippen molar-refractivity contribution < 1.29 is 0 Å². The number of hydrogen-bond donors (Lipinski definition) is 1. The van der Waals surface area contributed by atoms with Crippen LogP contribution in [0.25, 0.3) is 5.69 Å². The van der Waals surface area contributed by atoms with E-state index in [1.54, 1.807) is 36.4 Å². The summed E-state index contributed by atoms with van der Waals surface area (Å²) in [7, 11) is 0. The molecule has 0 unspecified atom stereocenters. The first kappa shape index (κ1) is 11.2. The van der Waals surface area contributed by atoms with Gasteiger partial charge in [0.1, 0.15) is 18.5 Å². The van der Waals surface area contributed by atoms with E-state index in [1.165, 1.54) is 11.0 Å². The maximum Gasteiger partial charge on any atom is 0.237 e. The molecule has 0 saturated carbocycles. The van der Waals surface area contributed by atoms with Gasteiger partial charge in [-0.05, 0) is 22.6 Å². The van der Waals surface area contributed by atoms with Crippen LogP contribution in [0.1, 0.15) is 0 Å². The van der Waals surface area contributed by atoms with Crippen molar-refractivity contribution in [1.29, 1.82) is 10.5 Å². The molecule has 8 heteroatoms. The second-order valence-corrected chi connectivity index (χ2v) is 3.07. The van der Waals surface area contributed by atoms with Crippen LogP contribution in [-0.2, 0) is 0 Å². The Balaban J connectivity index is 2.33. The van der Waals surface area contributed by atoms with Gasteiger partial charge in [-0.3, -0.25) is 5.43 Å². The Bertz CT molecular complexity index is 627. The zero-order valence-corrected chi connectivity index (χ0v) is 9.02. The number of nitrogens with zero attached hydrogens (tertiary/aromatic N) is 7. The first-order chi connectivity index (χ1) is 8.85. The Morgan fingerprint density at radius 2 is 2.06 bits per heavy atom. The van der Waals surface area contributed by atoms with Crippen LogP contribution in [-0.4, -0.2) is 25.9 Å². The Morgan fingerprint density at radius 3 is 2.72 bits per heavy atom. The SMILES string of the molecule is N#CC(C#N)=NNc1ccccc1-n1cnnn1. The van der Waals surface area contributed by atoms with E-state index >= 15 is 0 Å². The zero-order chi connectivity index (χ0) is 12.8. The van der Waals surface area contributed by atoms with Gasteiger partial charge in [-0.15, -0.1) is 5.10 Å². The van der Waals surface area contributed by atoms with Crippen LogP contribution >= 0.6 is 0 Å². The second kappa shape index (κ2) is 5.18. The number of tetrazole rings is 1. The number of hydrazone groups is 1. The largest absolute Gasteiger partial charge is 0.274 e. The number of anilines is 1. The molecule has 0 aliphatic carbocycles. The van der Waals surface area contributed by atoms with Crippen molar-refractivity contribution in [2.24, 2.45) is 5.10 Å². The second-order valence-electron chi connectivity index (χ2n) is 3.07. The maximum atomic E-state index is 8.58. The Hall–Kier alpha value is -3.26. The molecule has 0 aliphatic heterocycles. The first-order valence-corrected chi connectivity index (χ1v) is 4.81. The number of aromatic nitrogens is 4. The van der Waals surface area contributed by atoms with E-state index in [-0.39, 0.29) is 5.71 Å². The van der Waals surface area contributed by atoms with Gasteiger partial charge in [-0.2, -0.15) is 20.3 Å². The Morgan fingerprint density at radius 1 is 1.28 bits per heavy atom. The van der Waals surface area contributed by atoms with E-state index in [4.69, 9.17) is 10.5 Å². The Labute approximate surface area is 102 Å². The van der Waals surface area contributed by atoms with Crippen LogP contribution in [0.2, 0.25) is 0 Å². The fraction of sp³-hybridized carbons (Fsp3) is 0. The lowest BCUT2D eigenvalue weighted by molar-refractivity contribution is 0.789. The molecule has 0 radical (unpaired) electrons. The number of hydrogen-bond acceptors (Lipinski definition) is 7. The molecule has 0 spiro atoms. The molecule has 0 amide bonds. The lowest BCUT2D eigenvalue weighted by atomic mass is 10.3. The standard InChI is InChI=1S/C10H6N8/c11-5-8(6-12)14-15-9-3-1-2-4-10(9)18-7-13-16-17-18/h1-4,7,15H. The molecule has 0 bridgehead atoms. The molecule has 0 fully saturated rings. The van der Waals surface area contributed by atoms with E-state index in [1.807, 2.05) is 0 Å². The topological polar surface area (TPSA) is 116 Å². The van der Waals surface area contributed by atoms with Crippen LogP contribution in [0.15, 0.2) is 35.7 Å². The molecular weight excluding hydrogens is 232 g/mol. The van der Waals surface area contributed by atoms with E-state index in [0.29, 0.717) is 11.4 Å². The summed E-state index contributed by atoms with van der Waals surface area (Å²) in [6.45, 7) is 0. The maximum absolute atomic E-state index is 8.58. The molecule has 0 aliphatic rings. The molecule has 0 atom stereocenters. The summed E-state index contributed by atoms with van der Waals surface area (Å²) < 4.78 is 1.44. The monoisotopic (exact) mass is 238 g/mol. The fourth-order valence-corrected chi connectivity index (χ4v) is 1.23. The van der Waals surface area contributed by atoms with Crippen LogP contribution < -0.4 is 5.43 Å². The van der Waals surface area contributed by atoms with Gasteiger partial charge in [0.2, 0.25) is 5.71 Å². The summed E-state index contributed by atoms with van der Waals surface area (Å²) in [4.78, 5) is 0. The third-order valence-electron chi connectivity index (χ3n) is 2.00. The lowest BCUT2D eigenvalue weighted by Crippen LogP contribution is -2.02. The van der Waals surface area contributed by atoms with E-state index < -0.39 is 0 Å². The minimum absolute atomic E-state index is 0.262. The molecule has 18 heavy (non-hydrogen) atoms. The average molecular weight is 238 g/mol. The van der Waals surface area contributed by atoms with Crippen molar-refractivity contribution in [2.75, 3.05) is 5.43 Å². The number of nitriles is 2. The van der Waals surface area contributed by atoms with Crippen molar-refractivity contribution >= 4 is 11.4 Å². The first-order valence-electron chi connectivity index (χ1n) is 4.81. The fourth-order valence-electron chi connectivity index (χ4n) is 1.23. The van der Waals surface area contributed by atoms with Gasteiger partial charge >= 0.3 is 0 Å². The van der Waals surface area contributed by atoms with Gasteiger partial charge in [0.05, 0.1) is 11.4 Å². The Kier molecular flexibility index (Phi) is 3.24. The molecule has 8 nitrogen and oxygen atoms in total. The summed E-state index contributed by atoms with van der Waals surface area (Å²) >= 11 is 0. The van der Waals surface area contributed by atoms with Crippen molar-refractivity contribution in [1.82, 2.24) is 20.2 Å². The molecule has 0 saturated heterocycles. The summed E-state index contributed by atoms with van der Waals surface area (Å²) in [6.07, 6.45) is 1.43. The van der Waals surface area contributed by atoms with E-state index in [2.05, 4.69) is 26.1 Å². The minimum atomic E-state index is -0.262. The smallest absolute Gasteiger partial charge is 0.237 e. The summed E-state index contributed by atoms with van der Waals surface area (Å²) in [5.74, 6) is 0. The normalized spacial score (nSPS) is 9.00. The van der Waals surface area contributed by atoms with Crippen LogP contribution in [0.4, 0.5) is 5.69 Å². The van der Waals surface area contributed by atoms with Crippen molar-refractivity contribution in [3.8, 4) is 17.8 Å². The highest BCUT2D eigenvalue weighted by Gasteiger charge is 2.04. The van der Waals surface area contributed by atoms with Crippen molar-refractivity contribution in [3.63, 3.8) is 0 Å². The van der Waals surface area contributed by atoms with Gasteiger partial charge in [0.15, 0.2) is 0 Å². The minimum Gasteiger partial charge on any atom is -0.274 e. The quantitative estimate of drug-likeness (QED) is 0.614. The van der Waals surface area contributed by atoms with E-state index in [9.17, 15) is 0 Å². The van der Waals surface area contributed by atoms with Gasteiger partial charge < -0.3 is 0 Å². The summed E-state index contributed by atoms with van der Waals surface area (Å²) in [6, 6.07) is 10.4. The third-order valence-corrected chi connectivity index (χ3v) is 2.00. The van der Waals surface area contributed by atoms with Crippen LogP contribution in [0.5, 0.6) is 0 Å². The van der Waals surface area contributed by atoms with E-state index in [0.717, 1.165) is 0 Å². The molecule has 1 heterocycles. The predicted octanol–water partition coefficient (Wildman–Crippen LogP) is 0.477. The number of benzene rings is 1. The van der Waals surface area contributed by atoms with Gasteiger partial charge in [0, 0.05) is 0 Å². The lowest BCUT2D eigenvalue weighted by Gasteiger charge is -2.06. The van der Waals surface area contributed by atoms with Gasteiger partial charge in [-0.25, -0.2) is 0 Å². The molecule has 1 aromatic carbocycles. The molecule has 86 valence electrons. The molecule has 2 rings (SSSR count). The molecule has 1 aromatic heterocycles. The van der Waals surface area contributed by atoms with Crippen LogP contribution in [0, 0.1) is 22.7 Å². The highest BCUT2D eigenvalue weighted by atomic mass is 15.5. The molecular formula is C10H6N8. The van der Waals surface area contributed by atoms with Gasteiger partial charge in [-0.1, -0.05) is 12.1 Å². The highest BCUT2D eigenvalue weighted by molar-refractivity contribution is 6.10. The number of rotatable bonds is 3. The number of nitrogens with one attached hydrogen (secondary N) is 1. The predicted molar refractivity (Wildman–Crippen MR) is 61.4 cm³/mol. The third kappa shape index (κ3) is 2.28. The summed E-state index contributed by atoms with van der Waals surface area (Å²) in [5.41, 5.74) is 3.60. The average Bonchev–Trinajstić information content (AvgIpc) is 2.94. The summed E-state index contributed by atoms with van der Waals surface area (Å²) in [5, 5.41) is 31.6. The number of para-hydroxylation sites is 2.